The van der Waals surface area contributed by atoms with Gasteiger partial charge in [0.15, 0.2) is 0 Å². The Morgan fingerprint density at radius 2 is 1.67 bits per heavy atom. The van der Waals surface area contributed by atoms with Crippen LogP contribution in [-0.2, 0) is 19.4 Å². The summed E-state index contributed by atoms with van der Waals surface area (Å²) in [6.07, 6.45) is 7.84. The molecule has 0 aliphatic carbocycles. The van der Waals surface area contributed by atoms with Crippen LogP contribution in [0.2, 0.25) is 0 Å². The molecule has 128 valence electrons. The Hall–Kier alpha value is -2.09. The normalized spacial score (nSPS) is 10.6. The first-order valence-electron chi connectivity index (χ1n) is 9.06. The zero-order valence-electron chi connectivity index (χ0n) is 14.9. The fraction of sp³-hybridized carbons (Fsp3) is 0.409. The quantitative estimate of drug-likeness (QED) is 0.519. The molecule has 0 saturated carbocycles. The smallest absolute Gasteiger partial charge is 0.150 e. The van der Waals surface area contributed by atoms with Gasteiger partial charge in [-0.05, 0) is 48.4 Å². The number of hydrogen-bond donors (Lipinski definition) is 0. The van der Waals surface area contributed by atoms with Crippen molar-refractivity contribution in [3.63, 3.8) is 0 Å². The molecule has 0 atom stereocenters. The number of rotatable bonds is 10. The maximum Gasteiger partial charge on any atom is 0.150 e. The van der Waals surface area contributed by atoms with Gasteiger partial charge >= 0.3 is 0 Å². The molecule has 0 N–H and O–H groups in total. The van der Waals surface area contributed by atoms with Gasteiger partial charge in [0, 0.05) is 5.56 Å². The largest absolute Gasteiger partial charge is 0.489 e. The molecule has 0 aliphatic heterocycles. The monoisotopic (exact) mass is 324 g/mol. The van der Waals surface area contributed by atoms with Crippen LogP contribution >= 0.6 is 0 Å². The predicted octanol–water partition coefficient (Wildman–Crippen LogP) is 5.76. The summed E-state index contributed by atoms with van der Waals surface area (Å²) in [4.78, 5) is 11.1. The van der Waals surface area contributed by atoms with Crippen LogP contribution in [0.4, 0.5) is 0 Å². The predicted molar refractivity (Wildman–Crippen MR) is 99.8 cm³/mol. The van der Waals surface area contributed by atoms with E-state index < -0.39 is 0 Å². The Morgan fingerprint density at radius 1 is 0.917 bits per heavy atom. The number of ether oxygens (including phenoxy) is 1. The summed E-state index contributed by atoms with van der Waals surface area (Å²) in [5.74, 6) is 0.949. The van der Waals surface area contributed by atoms with E-state index in [0.29, 0.717) is 12.2 Å². The van der Waals surface area contributed by atoms with Gasteiger partial charge in [-0.3, -0.25) is 4.79 Å². The Balaban J connectivity index is 2.13. The third-order valence-electron chi connectivity index (χ3n) is 4.31. The first-order chi connectivity index (χ1) is 11.8. The number of aryl methyl sites for hydroxylation is 2. The topological polar surface area (TPSA) is 26.3 Å². The second-order valence-corrected chi connectivity index (χ2v) is 6.25. The van der Waals surface area contributed by atoms with Crippen molar-refractivity contribution in [3.05, 3.63) is 64.7 Å². The van der Waals surface area contributed by atoms with Crippen molar-refractivity contribution in [3.8, 4) is 5.75 Å². The highest BCUT2D eigenvalue weighted by Crippen LogP contribution is 2.24. The number of aldehydes is 1. The molecule has 2 aromatic carbocycles. The van der Waals surface area contributed by atoms with E-state index in [0.717, 1.165) is 30.4 Å². The minimum Gasteiger partial charge on any atom is -0.489 e. The Bertz CT molecular complexity index is 646. The highest BCUT2D eigenvalue weighted by molar-refractivity contribution is 5.77. The van der Waals surface area contributed by atoms with Gasteiger partial charge in [-0.2, -0.15) is 0 Å². The Kier molecular flexibility index (Phi) is 7.54. The van der Waals surface area contributed by atoms with Crippen LogP contribution in [0, 0.1) is 0 Å². The van der Waals surface area contributed by atoms with E-state index in [1.807, 2.05) is 24.3 Å². The van der Waals surface area contributed by atoms with Gasteiger partial charge in [0.05, 0.1) is 0 Å². The minimum absolute atomic E-state index is 0.433. The molecule has 0 aliphatic rings. The molecule has 0 spiro atoms. The standard InChI is InChI=1S/C22H28O2/c1-3-5-9-18-13-14-22(19(15-18)10-6-4-2)24-17-21-12-8-7-11-20(21)16-23/h7-8,11-16H,3-6,9-10,17H2,1-2H3. The maximum atomic E-state index is 11.1. The average Bonchev–Trinajstić information content (AvgIpc) is 2.63. The summed E-state index contributed by atoms with van der Waals surface area (Å²) in [5.41, 5.74) is 4.31. The second-order valence-electron chi connectivity index (χ2n) is 6.25. The molecule has 0 fully saturated rings. The highest BCUT2D eigenvalue weighted by Gasteiger charge is 2.07. The molecule has 0 heterocycles. The average molecular weight is 324 g/mol. The van der Waals surface area contributed by atoms with Crippen molar-refractivity contribution in [2.45, 2.75) is 59.0 Å². The Morgan fingerprint density at radius 3 is 2.42 bits per heavy atom. The molecular formula is C22H28O2. The van der Waals surface area contributed by atoms with Crippen LogP contribution in [0.25, 0.3) is 0 Å². The Labute approximate surface area is 145 Å². The van der Waals surface area contributed by atoms with Crippen LogP contribution in [-0.4, -0.2) is 6.29 Å². The summed E-state index contributed by atoms with van der Waals surface area (Å²) in [6, 6.07) is 14.2. The zero-order valence-corrected chi connectivity index (χ0v) is 14.9. The van der Waals surface area contributed by atoms with Crippen LogP contribution in [0.5, 0.6) is 5.75 Å². The summed E-state index contributed by atoms with van der Waals surface area (Å²) in [7, 11) is 0. The first-order valence-corrected chi connectivity index (χ1v) is 9.06. The van der Waals surface area contributed by atoms with E-state index in [4.69, 9.17) is 4.74 Å². The van der Waals surface area contributed by atoms with E-state index in [9.17, 15) is 4.79 Å². The number of carbonyl (C=O) groups excluding carboxylic acids is 1. The second kappa shape index (κ2) is 9.92. The van der Waals surface area contributed by atoms with E-state index in [1.54, 1.807) is 0 Å². The molecule has 24 heavy (non-hydrogen) atoms. The van der Waals surface area contributed by atoms with Crippen molar-refractivity contribution in [1.82, 2.24) is 0 Å². The summed E-state index contributed by atoms with van der Waals surface area (Å²) in [5, 5.41) is 0. The van der Waals surface area contributed by atoms with Crippen molar-refractivity contribution < 1.29 is 9.53 Å². The third kappa shape index (κ3) is 5.23. The molecule has 0 unspecified atom stereocenters. The lowest BCUT2D eigenvalue weighted by Gasteiger charge is -2.14. The fourth-order valence-electron chi connectivity index (χ4n) is 2.81. The lowest BCUT2D eigenvalue weighted by atomic mass is 10.0. The molecule has 2 heteroatoms. The van der Waals surface area contributed by atoms with Gasteiger partial charge < -0.3 is 4.74 Å². The summed E-state index contributed by atoms with van der Waals surface area (Å²) >= 11 is 0. The van der Waals surface area contributed by atoms with Gasteiger partial charge in [0.25, 0.3) is 0 Å². The summed E-state index contributed by atoms with van der Waals surface area (Å²) in [6.45, 7) is 4.87. The van der Waals surface area contributed by atoms with Gasteiger partial charge in [-0.25, -0.2) is 0 Å². The van der Waals surface area contributed by atoms with E-state index in [2.05, 4.69) is 32.0 Å². The molecule has 2 aromatic rings. The zero-order chi connectivity index (χ0) is 17.2. The minimum atomic E-state index is 0.433. The third-order valence-corrected chi connectivity index (χ3v) is 4.31. The van der Waals surface area contributed by atoms with Crippen molar-refractivity contribution >= 4 is 6.29 Å². The van der Waals surface area contributed by atoms with Gasteiger partial charge in [-0.15, -0.1) is 0 Å². The van der Waals surface area contributed by atoms with Gasteiger partial charge in [0.2, 0.25) is 0 Å². The number of carbonyl (C=O) groups is 1. The number of hydrogen-bond acceptors (Lipinski definition) is 2. The lowest BCUT2D eigenvalue weighted by Crippen LogP contribution is -2.02. The van der Waals surface area contributed by atoms with E-state index in [1.165, 1.54) is 36.8 Å². The van der Waals surface area contributed by atoms with E-state index in [-0.39, 0.29) is 0 Å². The van der Waals surface area contributed by atoms with E-state index >= 15 is 0 Å². The fourth-order valence-corrected chi connectivity index (χ4v) is 2.81. The molecule has 2 nitrogen and oxygen atoms in total. The molecule has 0 amide bonds. The van der Waals surface area contributed by atoms with Crippen LogP contribution in [0.3, 0.4) is 0 Å². The SMILES string of the molecule is CCCCc1ccc(OCc2ccccc2C=O)c(CCCC)c1. The van der Waals surface area contributed by atoms with Crippen LogP contribution in [0.15, 0.2) is 42.5 Å². The number of benzene rings is 2. The van der Waals surface area contributed by atoms with Gasteiger partial charge in [-0.1, -0.05) is 63.1 Å². The molecular weight excluding hydrogens is 296 g/mol. The van der Waals surface area contributed by atoms with Crippen LogP contribution < -0.4 is 4.74 Å². The van der Waals surface area contributed by atoms with Crippen molar-refractivity contribution in [2.75, 3.05) is 0 Å². The molecule has 0 saturated heterocycles. The van der Waals surface area contributed by atoms with Crippen LogP contribution in [0.1, 0.15) is 66.6 Å². The first kappa shape index (κ1) is 18.3. The van der Waals surface area contributed by atoms with Gasteiger partial charge in [0.1, 0.15) is 18.6 Å². The maximum absolute atomic E-state index is 11.1. The molecule has 0 bridgehead atoms. The van der Waals surface area contributed by atoms with Crippen molar-refractivity contribution in [2.24, 2.45) is 0 Å². The number of unbranched alkanes of at least 4 members (excludes halogenated alkanes) is 2. The lowest BCUT2D eigenvalue weighted by molar-refractivity contribution is 0.112. The molecule has 2 rings (SSSR count). The highest BCUT2D eigenvalue weighted by atomic mass is 16.5. The van der Waals surface area contributed by atoms with Crippen molar-refractivity contribution in [1.29, 1.82) is 0 Å². The molecule has 0 aromatic heterocycles. The molecule has 0 radical (unpaired) electrons. The summed E-state index contributed by atoms with van der Waals surface area (Å²) < 4.78 is 6.06.